The SMILES string of the molecule is CC(OC(=O)[C@H](C)NC(=O)c1ccccc1)C(=O)Nc1ccc(Br)cc1. The summed E-state index contributed by atoms with van der Waals surface area (Å²) < 4.78 is 6.02. The molecule has 0 aliphatic heterocycles. The Kier molecular flexibility index (Phi) is 6.91. The van der Waals surface area contributed by atoms with E-state index in [4.69, 9.17) is 4.74 Å². The zero-order valence-electron chi connectivity index (χ0n) is 14.4. The number of hydrogen-bond acceptors (Lipinski definition) is 4. The molecule has 0 heterocycles. The fourth-order valence-corrected chi connectivity index (χ4v) is 2.30. The van der Waals surface area contributed by atoms with Gasteiger partial charge in [0.25, 0.3) is 11.8 Å². The van der Waals surface area contributed by atoms with E-state index < -0.39 is 24.0 Å². The zero-order valence-corrected chi connectivity index (χ0v) is 15.9. The Balaban J connectivity index is 1.86. The lowest BCUT2D eigenvalue weighted by Crippen LogP contribution is -2.42. The average molecular weight is 419 g/mol. The van der Waals surface area contributed by atoms with E-state index in [1.165, 1.54) is 13.8 Å². The molecule has 1 unspecified atom stereocenters. The Morgan fingerprint density at radius 2 is 1.58 bits per heavy atom. The molecule has 0 aliphatic rings. The molecule has 0 saturated carbocycles. The molecule has 2 N–H and O–H groups in total. The minimum Gasteiger partial charge on any atom is -0.451 e. The lowest BCUT2D eigenvalue weighted by molar-refractivity contribution is -0.154. The molecule has 2 rings (SSSR count). The number of nitrogens with one attached hydrogen (secondary N) is 2. The Bertz CT molecular complexity index is 778. The number of ether oxygens (including phenoxy) is 1. The maximum Gasteiger partial charge on any atom is 0.329 e. The summed E-state index contributed by atoms with van der Waals surface area (Å²) in [5, 5.41) is 5.20. The molecule has 0 aromatic heterocycles. The van der Waals surface area contributed by atoms with Gasteiger partial charge in [0.15, 0.2) is 6.10 Å². The summed E-state index contributed by atoms with van der Waals surface area (Å²) in [4.78, 5) is 36.3. The Morgan fingerprint density at radius 3 is 2.19 bits per heavy atom. The first-order valence-corrected chi connectivity index (χ1v) is 8.79. The number of esters is 1. The summed E-state index contributed by atoms with van der Waals surface area (Å²) in [7, 11) is 0. The van der Waals surface area contributed by atoms with E-state index in [0.717, 1.165) is 4.47 Å². The van der Waals surface area contributed by atoms with Crippen molar-refractivity contribution in [3.63, 3.8) is 0 Å². The third-order valence-electron chi connectivity index (χ3n) is 3.51. The summed E-state index contributed by atoms with van der Waals surface area (Å²) in [6.07, 6.45) is -0.998. The second-order valence-corrected chi connectivity index (χ2v) is 6.55. The Labute approximate surface area is 160 Å². The molecule has 6 nitrogen and oxygen atoms in total. The normalized spacial score (nSPS) is 12.6. The van der Waals surface area contributed by atoms with Gasteiger partial charge in [0, 0.05) is 15.7 Å². The van der Waals surface area contributed by atoms with E-state index in [-0.39, 0.29) is 5.91 Å². The molecular weight excluding hydrogens is 400 g/mol. The molecule has 7 heteroatoms. The van der Waals surface area contributed by atoms with Gasteiger partial charge in [-0.3, -0.25) is 9.59 Å². The molecule has 0 fully saturated rings. The molecule has 0 radical (unpaired) electrons. The van der Waals surface area contributed by atoms with Crippen molar-refractivity contribution in [2.75, 3.05) is 5.32 Å². The number of hydrogen-bond donors (Lipinski definition) is 2. The van der Waals surface area contributed by atoms with E-state index in [0.29, 0.717) is 11.3 Å². The number of anilines is 1. The molecule has 26 heavy (non-hydrogen) atoms. The first kappa shape index (κ1) is 19.7. The fourth-order valence-electron chi connectivity index (χ4n) is 2.04. The van der Waals surface area contributed by atoms with E-state index in [1.807, 2.05) is 0 Å². The zero-order chi connectivity index (χ0) is 19.1. The quantitative estimate of drug-likeness (QED) is 0.705. The van der Waals surface area contributed by atoms with E-state index in [1.54, 1.807) is 54.6 Å². The highest BCUT2D eigenvalue weighted by molar-refractivity contribution is 9.10. The Morgan fingerprint density at radius 1 is 0.962 bits per heavy atom. The van der Waals surface area contributed by atoms with Gasteiger partial charge in [-0.25, -0.2) is 4.79 Å². The first-order valence-electron chi connectivity index (χ1n) is 7.99. The van der Waals surface area contributed by atoms with Crippen LogP contribution in [0.5, 0.6) is 0 Å². The summed E-state index contributed by atoms with van der Waals surface area (Å²) in [5.41, 5.74) is 1.03. The number of amides is 2. The number of rotatable bonds is 6. The van der Waals surface area contributed by atoms with E-state index in [9.17, 15) is 14.4 Å². The lowest BCUT2D eigenvalue weighted by Gasteiger charge is -2.17. The van der Waals surface area contributed by atoms with Crippen LogP contribution in [-0.4, -0.2) is 29.9 Å². The standard InChI is InChI=1S/C19H19BrN2O4/c1-12(21-18(24)14-6-4-3-5-7-14)19(25)26-13(2)17(23)22-16-10-8-15(20)9-11-16/h3-13H,1-2H3,(H,21,24)(H,22,23)/t12-,13?/m0/s1. The van der Waals surface area contributed by atoms with Gasteiger partial charge in [0.05, 0.1) is 0 Å². The van der Waals surface area contributed by atoms with Crippen LogP contribution in [0.3, 0.4) is 0 Å². The van der Waals surface area contributed by atoms with Crippen molar-refractivity contribution in [1.29, 1.82) is 0 Å². The van der Waals surface area contributed by atoms with Crippen LogP contribution >= 0.6 is 15.9 Å². The maximum absolute atomic E-state index is 12.1. The predicted molar refractivity (Wildman–Crippen MR) is 102 cm³/mol. The third-order valence-corrected chi connectivity index (χ3v) is 4.04. The van der Waals surface area contributed by atoms with Gasteiger partial charge in [-0.1, -0.05) is 34.1 Å². The summed E-state index contributed by atoms with van der Waals surface area (Å²) in [5.74, 6) is -1.53. The molecular formula is C19H19BrN2O4. The minimum atomic E-state index is -0.998. The molecule has 0 spiro atoms. The van der Waals surface area contributed by atoms with Crippen LogP contribution in [0.4, 0.5) is 5.69 Å². The molecule has 0 aliphatic carbocycles. The highest BCUT2D eigenvalue weighted by atomic mass is 79.9. The van der Waals surface area contributed by atoms with Gasteiger partial charge < -0.3 is 15.4 Å². The summed E-state index contributed by atoms with van der Waals surface area (Å²) in [6.45, 7) is 2.97. The monoisotopic (exact) mass is 418 g/mol. The number of carbonyl (C=O) groups excluding carboxylic acids is 3. The largest absolute Gasteiger partial charge is 0.451 e. The topological polar surface area (TPSA) is 84.5 Å². The van der Waals surface area contributed by atoms with Crippen molar-refractivity contribution in [1.82, 2.24) is 5.32 Å². The molecule has 0 bridgehead atoms. The predicted octanol–water partition coefficient (Wildman–Crippen LogP) is 3.14. The molecule has 2 amide bonds. The Hall–Kier alpha value is -2.67. The molecule has 2 aromatic carbocycles. The number of halogens is 1. The third kappa shape index (κ3) is 5.70. The highest BCUT2D eigenvalue weighted by Crippen LogP contribution is 2.14. The molecule has 2 atom stereocenters. The van der Waals surface area contributed by atoms with Crippen LogP contribution < -0.4 is 10.6 Å². The van der Waals surface area contributed by atoms with Crippen molar-refractivity contribution < 1.29 is 19.1 Å². The molecule has 0 saturated heterocycles. The van der Waals surface area contributed by atoms with E-state index >= 15 is 0 Å². The van der Waals surface area contributed by atoms with Crippen LogP contribution in [0.2, 0.25) is 0 Å². The van der Waals surface area contributed by atoms with Crippen LogP contribution in [0.25, 0.3) is 0 Å². The fraction of sp³-hybridized carbons (Fsp3) is 0.211. The highest BCUT2D eigenvalue weighted by Gasteiger charge is 2.23. The van der Waals surface area contributed by atoms with Gasteiger partial charge in [-0.2, -0.15) is 0 Å². The van der Waals surface area contributed by atoms with Crippen LogP contribution in [0.15, 0.2) is 59.1 Å². The summed E-state index contributed by atoms with van der Waals surface area (Å²) in [6, 6.07) is 14.7. The van der Waals surface area contributed by atoms with Gasteiger partial charge in [0.1, 0.15) is 6.04 Å². The van der Waals surface area contributed by atoms with Crippen molar-refractivity contribution in [2.24, 2.45) is 0 Å². The van der Waals surface area contributed by atoms with Crippen LogP contribution in [0, 0.1) is 0 Å². The van der Waals surface area contributed by atoms with Crippen LogP contribution in [0.1, 0.15) is 24.2 Å². The van der Waals surface area contributed by atoms with Gasteiger partial charge in [-0.15, -0.1) is 0 Å². The van der Waals surface area contributed by atoms with Gasteiger partial charge in [-0.05, 0) is 50.2 Å². The van der Waals surface area contributed by atoms with E-state index in [2.05, 4.69) is 26.6 Å². The van der Waals surface area contributed by atoms with Gasteiger partial charge >= 0.3 is 5.97 Å². The molecule has 136 valence electrons. The second kappa shape index (κ2) is 9.15. The smallest absolute Gasteiger partial charge is 0.329 e. The maximum atomic E-state index is 12.1. The van der Waals surface area contributed by atoms with Crippen molar-refractivity contribution in [3.05, 3.63) is 64.6 Å². The lowest BCUT2D eigenvalue weighted by atomic mass is 10.2. The van der Waals surface area contributed by atoms with Gasteiger partial charge in [0.2, 0.25) is 0 Å². The van der Waals surface area contributed by atoms with Crippen molar-refractivity contribution in [2.45, 2.75) is 26.0 Å². The van der Waals surface area contributed by atoms with Crippen molar-refractivity contribution in [3.8, 4) is 0 Å². The average Bonchev–Trinajstić information content (AvgIpc) is 2.64. The summed E-state index contributed by atoms with van der Waals surface area (Å²) >= 11 is 3.31. The first-order chi connectivity index (χ1) is 12.4. The molecule has 2 aromatic rings. The number of benzene rings is 2. The number of carbonyl (C=O) groups is 3. The van der Waals surface area contributed by atoms with Crippen LogP contribution in [-0.2, 0) is 14.3 Å². The van der Waals surface area contributed by atoms with Crippen molar-refractivity contribution >= 4 is 39.4 Å². The second-order valence-electron chi connectivity index (χ2n) is 5.64. The minimum absolute atomic E-state index is 0.387.